The summed E-state index contributed by atoms with van der Waals surface area (Å²) in [7, 11) is 0. The Balaban J connectivity index is 2.16. The largest absolute Gasteiger partial charge is 0.310 e. The number of nitrogens with one attached hydrogen (secondary N) is 1. The van der Waals surface area contributed by atoms with Crippen molar-refractivity contribution in [3.63, 3.8) is 0 Å². The van der Waals surface area contributed by atoms with Crippen molar-refractivity contribution >= 4 is 23.4 Å². The molecule has 1 fully saturated rings. The third kappa shape index (κ3) is 3.69. The first-order valence-corrected chi connectivity index (χ1v) is 7.06. The second-order valence-electron chi connectivity index (χ2n) is 3.89. The molecule has 0 radical (unpaired) electrons. The molecule has 0 spiro atoms. The Labute approximate surface area is 91.0 Å². The van der Waals surface area contributed by atoms with E-state index in [1.54, 1.807) is 0 Å². The molecule has 0 amide bonds. The van der Waals surface area contributed by atoms with Crippen molar-refractivity contribution in [2.24, 2.45) is 0 Å². The first kappa shape index (κ1) is 11.7. The maximum atomic E-state index is 6.01. The second kappa shape index (κ2) is 6.15. The lowest BCUT2D eigenvalue weighted by molar-refractivity contribution is 0.371. The van der Waals surface area contributed by atoms with Crippen molar-refractivity contribution in [1.82, 2.24) is 5.32 Å². The Morgan fingerprint density at radius 1 is 1.38 bits per heavy atom. The molecule has 0 aromatic rings. The predicted molar refractivity (Wildman–Crippen MR) is 62.9 cm³/mol. The predicted octanol–water partition coefficient (Wildman–Crippen LogP) is 2.88. The highest BCUT2D eigenvalue weighted by molar-refractivity contribution is 7.98. The van der Waals surface area contributed by atoms with Gasteiger partial charge in [-0.25, -0.2) is 0 Å². The number of hydrogen-bond donors (Lipinski definition) is 1. The third-order valence-electron chi connectivity index (χ3n) is 2.84. The van der Waals surface area contributed by atoms with Crippen molar-refractivity contribution in [1.29, 1.82) is 0 Å². The molecule has 13 heavy (non-hydrogen) atoms. The van der Waals surface area contributed by atoms with Gasteiger partial charge in [-0.05, 0) is 37.8 Å². The first-order valence-electron chi connectivity index (χ1n) is 5.13. The molecule has 1 rings (SSSR count). The molecule has 0 unspecified atom stereocenters. The lowest BCUT2D eigenvalue weighted by atomic mass is 10.0. The van der Waals surface area contributed by atoms with Crippen LogP contribution in [0.15, 0.2) is 0 Å². The second-order valence-corrected chi connectivity index (χ2v) is 5.15. The van der Waals surface area contributed by atoms with Gasteiger partial charge in [0.15, 0.2) is 0 Å². The van der Waals surface area contributed by atoms with Crippen molar-refractivity contribution in [2.75, 3.05) is 24.4 Å². The van der Waals surface area contributed by atoms with E-state index in [0.717, 1.165) is 12.4 Å². The van der Waals surface area contributed by atoms with Gasteiger partial charge in [0.05, 0.1) is 0 Å². The minimum Gasteiger partial charge on any atom is -0.310 e. The van der Waals surface area contributed by atoms with Crippen LogP contribution in [0.3, 0.4) is 0 Å². The molecular formula is C10H20ClNS. The highest BCUT2D eigenvalue weighted by atomic mass is 35.5. The lowest BCUT2D eigenvalue weighted by Crippen LogP contribution is -2.45. The first-order chi connectivity index (χ1) is 6.33. The minimum absolute atomic E-state index is 0.292. The van der Waals surface area contributed by atoms with Gasteiger partial charge in [0.1, 0.15) is 0 Å². The number of halogens is 1. The Hall–Kier alpha value is 0.600. The van der Waals surface area contributed by atoms with Crippen LogP contribution in [0.5, 0.6) is 0 Å². The van der Waals surface area contributed by atoms with E-state index in [0.29, 0.717) is 5.54 Å². The number of rotatable bonds is 6. The zero-order valence-corrected chi connectivity index (χ0v) is 10.0. The normalized spacial score (nSPS) is 20.8. The molecule has 78 valence electrons. The third-order valence-corrected chi connectivity index (χ3v) is 4.05. The molecule has 0 aromatic carbocycles. The van der Waals surface area contributed by atoms with Crippen LogP contribution in [0.2, 0.25) is 0 Å². The van der Waals surface area contributed by atoms with Gasteiger partial charge >= 0.3 is 0 Å². The van der Waals surface area contributed by atoms with Crippen LogP contribution in [-0.2, 0) is 0 Å². The summed E-state index contributed by atoms with van der Waals surface area (Å²) >= 11 is 7.93. The summed E-state index contributed by atoms with van der Waals surface area (Å²) in [6.07, 6.45) is 8.67. The smallest absolute Gasteiger partial charge is 0.0406 e. The van der Waals surface area contributed by atoms with Crippen molar-refractivity contribution in [3.8, 4) is 0 Å². The van der Waals surface area contributed by atoms with Gasteiger partial charge in [-0.3, -0.25) is 0 Å². The lowest BCUT2D eigenvalue weighted by Gasteiger charge is -2.27. The molecule has 0 aliphatic heterocycles. The summed E-state index contributed by atoms with van der Waals surface area (Å²) in [5.41, 5.74) is 0.292. The van der Waals surface area contributed by atoms with Crippen molar-refractivity contribution in [3.05, 3.63) is 0 Å². The SMILES string of the molecule is CSCCCNC1(CCl)CCCC1. The molecule has 0 heterocycles. The zero-order chi connectivity index (χ0) is 9.57. The van der Waals surface area contributed by atoms with Gasteiger partial charge in [0, 0.05) is 11.4 Å². The summed E-state index contributed by atoms with van der Waals surface area (Å²) in [5.74, 6) is 2.04. The Bertz CT molecular complexity index is 135. The monoisotopic (exact) mass is 221 g/mol. The molecule has 1 aliphatic rings. The molecule has 3 heteroatoms. The van der Waals surface area contributed by atoms with E-state index in [9.17, 15) is 0 Å². The summed E-state index contributed by atoms with van der Waals surface area (Å²) in [6, 6.07) is 0. The fraction of sp³-hybridized carbons (Fsp3) is 1.00. The molecule has 0 saturated heterocycles. The number of alkyl halides is 1. The van der Waals surface area contributed by atoms with Crippen LogP contribution in [0.1, 0.15) is 32.1 Å². The van der Waals surface area contributed by atoms with E-state index in [2.05, 4.69) is 11.6 Å². The highest BCUT2D eigenvalue weighted by Crippen LogP contribution is 2.30. The van der Waals surface area contributed by atoms with Crippen molar-refractivity contribution in [2.45, 2.75) is 37.6 Å². The standard InChI is InChI=1S/C10H20ClNS/c1-13-8-4-7-12-10(9-11)5-2-3-6-10/h12H,2-9H2,1H3. The zero-order valence-electron chi connectivity index (χ0n) is 8.44. The van der Waals surface area contributed by atoms with Crippen LogP contribution in [-0.4, -0.2) is 30.0 Å². The van der Waals surface area contributed by atoms with Crippen LogP contribution < -0.4 is 5.32 Å². The van der Waals surface area contributed by atoms with Gasteiger partial charge in [-0.15, -0.1) is 11.6 Å². The molecule has 1 saturated carbocycles. The Kier molecular flexibility index (Phi) is 5.52. The van der Waals surface area contributed by atoms with Crippen LogP contribution >= 0.6 is 23.4 Å². The Morgan fingerprint density at radius 2 is 2.08 bits per heavy atom. The van der Waals surface area contributed by atoms with Gasteiger partial charge in [-0.2, -0.15) is 11.8 Å². The molecular weight excluding hydrogens is 202 g/mol. The average molecular weight is 222 g/mol. The van der Waals surface area contributed by atoms with Crippen LogP contribution in [0.4, 0.5) is 0 Å². The maximum Gasteiger partial charge on any atom is 0.0406 e. The van der Waals surface area contributed by atoms with Crippen molar-refractivity contribution < 1.29 is 0 Å². The summed E-state index contributed by atoms with van der Waals surface area (Å²) in [6.45, 7) is 1.13. The van der Waals surface area contributed by atoms with Gasteiger partial charge < -0.3 is 5.32 Å². The van der Waals surface area contributed by atoms with E-state index in [1.165, 1.54) is 37.9 Å². The quantitative estimate of drug-likeness (QED) is 0.547. The van der Waals surface area contributed by atoms with Crippen LogP contribution in [0.25, 0.3) is 0 Å². The van der Waals surface area contributed by atoms with E-state index in [-0.39, 0.29) is 0 Å². The fourth-order valence-corrected chi connectivity index (χ4v) is 2.77. The summed E-state index contributed by atoms with van der Waals surface area (Å²) in [5, 5.41) is 3.63. The molecule has 0 bridgehead atoms. The van der Waals surface area contributed by atoms with Gasteiger partial charge in [0.25, 0.3) is 0 Å². The van der Waals surface area contributed by atoms with E-state index in [1.807, 2.05) is 11.8 Å². The topological polar surface area (TPSA) is 12.0 Å². The molecule has 1 nitrogen and oxygen atoms in total. The molecule has 0 aromatic heterocycles. The molecule has 1 aliphatic carbocycles. The molecule has 1 N–H and O–H groups in total. The van der Waals surface area contributed by atoms with Gasteiger partial charge in [-0.1, -0.05) is 12.8 Å². The van der Waals surface area contributed by atoms with E-state index >= 15 is 0 Å². The molecule has 0 atom stereocenters. The van der Waals surface area contributed by atoms with Crippen LogP contribution in [0, 0.1) is 0 Å². The minimum atomic E-state index is 0.292. The Morgan fingerprint density at radius 3 is 2.62 bits per heavy atom. The van der Waals surface area contributed by atoms with E-state index in [4.69, 9.17) is 11.6 Å². The van der Waals surface area contributed by atoms with E-state index < -0.39 is 0 Å². The average Bonchev–Trinajstić information content (AvgIpc) is 2.62. The summed E-state index contributed by atoms with van der Waals surface area (Å²) in [4.78, 5) is 0. The maximum absolute atomic E-state index is 6.01. The summed E-state index contributed by atoms with van der Waals surface area (Å²) < 4.78 is 0. The fourth-order valence-electron chi connectivity index (χ4n) is 1.98. The number of hydrogen-bond acceptors (Lipinski definition) is 2. The highest BCUT2D eigenvalue weighted by Gasteiger charge is 2.31. The number of thioether (sulfide) groups is 1. The van der Waals surface area contributed by atoms with Gasteiger partial charge in [0.2, 0.25) is 0 Å².